The zero-order valence-electron chi connectivity index (χ0n) is 17.4. The maximum absolute atomic E-state index is 12.6. The molecule has 1 N–H and O–H groups in total. The Hall–Kier alpha value is -4.11. The Morgan fingerprint density at radius 1 is 1.06 bits per heavy atom. The zero-order chi connectivity index (χ0) is 22.5. The predicted octanol–water partition coefficient (Wildman–Crippen LogP) is 4.80. The lowest BCUT2D eigenvalue weighted by Crippen LogP contribution is -2.10. The molecule has 0 aliphatic carbocycles. The van der Waals surface area contributed by atoms with Crippen LogP contribution in [-0.4, -0.2) is 38.3 Å². The van der Waals surface area contributed by atoms with E-state index < -0.39 is 5.97 Å². The third kappa shape index (κ3) is 3.16. The predicted molar refractivity (Wildman–Crippen MR) is 124 cm³/mol. The first kappa shape index (κ1) is 19.6. The third-order valence-corrected chi connectivity index (χ3v) is 6.35. The molecule has 0 saturated heterocycles. The van der Waals surface area contributed by atoms with E-state index in [1.54, 1.807) is 17.7 Å². The van der Waals surface area contributed by atoms with Crippen molar-refractivity contribution in [2.75, 3.05) is 13.9 Å². The van der Waals surface area contributed by atoms with Crippen molar-refractivity contribution in [2.24, 2.45) is 0 Å². The molecule has 0 radical (unpaired) electrons. The molecule has 0 bridgehead atoms. The van der Waals surface area contributed by atoms with E-state index in [0.29, 0.717) is 29.4 Å². The van der Waals surface area contributed by atoms with Gasteiger partial charge in [0.2, 0.25) is 6.79 Å². The maximum atomic E-state index is 12.6. The molecule has 2 aromatic heterocycles. The van der Waals surface area contributed by atoms with E-state index in [9.17, 15) is 9.90 Å². The van der Waals surface area contributed by atoms with E-state index in [4.69, 9.17) is 14.2 Å². The molecule has 0 unspecified atom stereocenters. The van der Waals surface area contributed by atoms with Crippen molar-refractivity contribution in [3.05, 3.63) is 65.9 Å². The normalized spacial score (nSPS) is 12.5. The van der Waals surface area contributed by atoms with Crippen LogP contribution in [0.4, 0.5) is 0 Å². The molecule has 8 nitrogen and oxygen atoms in total. The lowest BCUT2D eigenvalue weighted by molar-refractivity contribution is 0.0687. The number of carboxylic acids is 1. The number of nitrogens with zero attached hydrogens (tertiary/aromatic N) is 3. The number of carboxylic acid groups (broad SMARTS) is 1. The van der Waals surface area contributed by atoms with Crippen molar-refractivity contribution in [1.82, 2.24) is 13.3 Å². The number of methoxy groups -OCH3 is 1. The summed E-state index contributed by atoms with van der Waals surface area (Å²) in [4.78, 5) is 12.6. The molecule has 33 heavy (non-hydrogen) atoms. The van der Waals surface area contributed by atoms with Crippen molar-refractivity contribution in [3.63, 3.8) is 0 Å². The van der Waals surface area contributed by atoms with Gasteiger partial charge < -0.3 is 23.9 Å². The summed E-state index contributed by atoms with van der Waals surface area (Å²) in [5.41, 5.74) is 4.85. The first-order chi connectivity index (χ1) is 16.1. The van der Waals surface area contributed by atoms with E-state index in [1.165, 1.54) is 0 Å². The van der Waals surface area contributed by atoms with Gasteiger partial charge in [-0.1, -0.05) is 12.1 Å². The highest BCUT2D eigenvalue weighted by atomic mass is 32.1. The Kier molecular flexibility index (Phi) is 4.44. The second-order valence-corrected chi connectivity index (χ2v) is 8.18. The zero-order valence-corrected chi connectivity index (χ0v) is 18.3. The van der Waals surface area contributed by atoms with Gasteiger partial charge in [-0.25, -0.2) is 4.79 Å². The smallest absolute Gasteiger partial charge is 0.353 e. The summed E-state index contributed by atoms with van der Waals surface area (Å²) in [6.45, 7) is 0.501. The second kappa shape index (κ2) is 7.49. The Morgan fingerprint density at radius 2 is 1.91 bits per heavy atom. The number of ether oxygens (including phenoxy) is 3. The van der Waals surface area contributed by atoms with Gasteiger partial charge in [0.1, 0.15) is 22.5 Å². The van der Waals surface area contributed by atoms with Crippen LogP contribution >= 0.6 is 11.7 Å². The van der Waals surface area contributed by atoms with Gasteiger partial charge in [-0.2, -0.15) is 8.75 Å². The number of rotatable bonds is 5. The van der Waals surface area contributed by atoms with E-state index in [0.717, 1.165) is 44.8 Å². The van der Waals surface area contributed by atoms with Crippen molar-refractivity contribution in [1.29, 1.82) is 0 Å². The summed E-state index contributed by atoms with van der Waals surface area (Å²) >= 11 is 1.15. The molecule has 3 heterocycles. The fourth-order valence-electron chi connectivity index (χ4n) is 4.30. The number of aromatic nitrogens is 3. The van der Waals surface area contributed by atoms with Gasteiger partial charge in [0.15, 0.2) is 11.5 Å². The molecule has 9 heteroatoms. The molecule has 0 spiro atoms. The SMILES string of the molecule is COc1ccc2c(-c3ccc4c(c3)OCO4)c(C(=O)O)n(Cc3ccc4nsnc4c3)c2c1. The average Bonchev–Trinajstić information content (AvgIpc) is 3.55. The van der Waals surface area contributed by atoms with Crippen LogP contribution in [0.15, 0.2) is 54.6 Å². The van der Waals surface area contributed by atoms with E-state index in [-0.39, 0.29) is 12.5 Å². The minimum absolute atomic E-state index is 0.150. The Labute approximate surface area is 191 Å². The molecule has 0 amide bonds. The first-order valence-electron chi connectivity index (χ1n) is 10.2. The van der Waals surface area contributed by atoms with Gasteiger partial charge >= 0.3 is 5.97 Å². The second-order valence-electron chi connectivity index (χ2n) is 7.65. The van der Waals surface area contributed by atoms with Crippen LogP contribution in [0.1, 0.15) is 16.1 Å². The lowest BCUT2D eigenvalue weighted by atomic mass is 10.0. The standard InChI is InChI=1S/C24H17N3O5S/c1-30-15-4-5-16-19(10-15)27(11-13-2-6-17-18(8-13)26-33-25-17)23(24(28)29)22(16)14-3-7-20-21(9-14)32-12-31-20/h2-10H,11-12H2,1H3,(H,28,29). The molecule has 0 fully saturated rings. The Morgan fingerprint density at radius 3 is 2.76 bits per heavy atom. The molecular weight excluding hydrogens is 442 g/mol. The van der Waals surface area contributed by atoms with Gasteiger partial charge in [-0.3, -0.25) is 0 Å². The molecular formula is C24H17N3O5S. The summed E-state index contributed by atoms with van der Waals surface area (Å²) < 4.78 is 26.8. The van der Waals surface area contributed by atoms with Crippen LogP contribution < -0.4 is 14.2 Å². The van der Waals surface area contributed by atoms with Gasteiger partial charge in [-0.05, 0) is 47.5 Å². The molecule has 6 rings (SSSR count). The van der Waals surface area contributed by atoms with E-state index in [2.05, 4.69) is 8.75 Å². The number of hydrogen-bond acceptors (Lipinski definition) is 7. The van der Waals surface area contributed by atoms with E-state index in [1.807, 2.05) is 48.5 Å². The largest absolute Gasteiger partial charge is 0.497 e. The number of fused-ring (bicyclic) bond motifs is 3. The number of carbonyl (C=O) groups is 1. The molecule has 0 saturated carbocycles. The minimum atomic E-state index is -1.02. The first-order valence-corrected chi connectivity index (χ1v) is 10.9. The molecule has 1 aliphatic rings. The van der Waals surface area contributed by atoms with Gasteiger partial charge in [0.25, 0.3) is 0 Å². The van der Waals surface area contributed by atoms with Gasteiger partial charge in [0, 0.05) is 23.6 Å². The summed E-state index contributed by atoms with van der Waals surface area (Å²) in [5.74, 6) is 0.870. The van der Waals surface area contributed by atoms with Crippen molar-refractivity contribution >= 4 is 39.6 Å². The summed E-state index contributed by atoms with van der Waals surface area (Å²) in [5, 5.41) is 11.1. The van der Waals surface area contributed by atoms with Gasteiger partial charge in [-0.15, -0.1) is 0 Å². The quantitative estimate of drug-likeness (QED) is 0.403. The highest BCUT2D eigenvalue weighted by Gasteiger charge is 2.26. The van der Waals surface area contributed by atoms with Crippen LogP contribution in [0.25, 0.3) is 33.1 Å². The summed E-state index contributed by atoms with van der Waals surface area (Å²) in [6.07, 6.45) is 0. The van der Waals surface area contributed by atoms with Crippen LogP contribution in [0.2, 0.25) is 0 Å². The number of aromatic carboxylic acids is 1. The van der Waals surface area contributed by atoms with Crippen molar-refractivity contribution in [3.8, 4) is 28.4 Å². The number of hydrogen-bond donors (Lipinski definition) is 1. The fraction of sp³-hybridized carbons (Fsp3) is 0.125. The Balaban J connectivity index is 1.60. The summed E-state index contributed by atoms with van der Waals surface area (Å²) in [6, 6.07) is 16.9. The average molecular weight is 459 g/mol. The van der Waals surface area contributed by atoms with Crippen LogP contribution in [0.5, 0.6) is 17.2 Å². The molecule has 0 atom stereocenters. The van der Waals surface area contributed by atoms with Crippen LogP contribution in [0.3, 0.4) is 0 Å². The molecule has 5 aromatic rings. The fourth-order valence-corrected chi connectivity index (χ4v) is 4.81. The molecule has 164 valence electrons. The monoisotopic (exact) mass is 459 g/mol. The van der Waals surface area contributed by atoms with Crippen LogP contribution in [0, 0.1) is 0 Å². The summed E-state index contributed by atoms with van der Waals surface area (Å²) in [7, 11) is 1.59. The van der Waals surface area contributed by atoms with Crippen molar-refractivity contribution in [2.45, 2.75) is 6.54 Å². The Bertz CT molecular complexity index is 1560. The van der Waals surface area contributed by atoms with Crippen molar-refractivity contribution < 1.29 is 24.1 Å². The minimum Gasteiger partial charge on any atom is -0.497 e. The molecule has 1 aliphatic heterocycles. The lowest BCUT2D eigenvalue weighted by Gasteiger charge is -2.10. The highest BCUT2D eigenvalue weighted by molar-refractivity contribution is 7.00. The number of benzene rings is 3. The van der Waals surface area contributed by atoms with Crippen LogP contribution in [-0.2, 0) is 6.54 Å². The molecule has 3 aromatic carbocycles. The topological polar surface area (TPSA) is 95.7 Å². The highest BCUT2D eigenvalue weighted by Crippen LogP contribution is 2.42. The maximum Gasteiger partial charge on any atom is 0.353 e. The van der Waals surface area contributed by atoms with Gasteiger partial charge in [0.05, 0.1) is 24.4 Å². The third-order valence-electron chi connectivity index (χ3n) is 5.79. The van der Waals surface area contributed by atoms with E-state index >= 15 is 0 Å².